The van der Waals surface area contributed by atoms with E-state index in [9.17, 15) is 13.2 Å². The van der Waals surface area contributed by atoms with Gasteiger partial charge in [-0.05, 0) is 37.0 Å². The van der Waals surface area contributed by atoms with E-state index in [0.717, 1.165) is 12.8 Å². The minimum Gasteiger partial charge on any atom is -0.495 e. The Labute approximate surface area is 131 Å². The lowest BCUT2D eigenvalue weighted by atomic mass is 10.0. The van der Waals surface area contributed by atoms with Crippen LogP contribution in [0.1, 0.15) is 26.7 Å². The SMILES string of the molecule is COc1ccc(S(=O)(=O)N2CCC[C@@H](C)C2)cc1NC(C)=O. The van der Waals surface area contributed by atoms with E-state index >= 15 is 0 Å². The highest BCUT2D eigenvalue weighted by atomic mass is 32.2. The first-order valence-electron chi connectivity index (χ1n) is 7.30. The summed E-state index contributed by atoms with van der Waals surface area (Å²) in [6, 6.07) is 4.53. The van der Waals surface area contributed by atoms with E-state index in [1.807, 2.05) is 0 Å². The molecule has 1 atom stereocenters. The molecule has 0 aliphatic carbocycles. The van der Waals surface area contributed by atoms with Gasteiger partial charge in [0.15, 0.2) is 0 Å². The van der Waals surface area contributed by atoms with Gasteiger partial charge in [-0.3, -0.25) is 4.79 Å². The molecule has 0 saturated carbocycles. The number of sulfonamides is 1. The molecule has 22 heavy (non-hydrogen) atoms. The Morgan fingerprint density at radius 2 is 2.14 bits per heavy atom. The summed E-state index contributed by atoms with van der Waals surface area (Å²) in [5.41, 5.74) is 0.362. The van der Waals surface area contributed by atoms with E-state index in [1.54, 1.807) is 6.07 Å². The zero-order chi connectivity index (χ0) is 16.3. The lowest BCUT2D eigenvalue weighted by Crippen LogP contribution is -2.39. The molecule has 7 heteroatoms. The van der Waals surface area contributed by atoms with Crippen molar-refractivity contribution in [3.8, 4) is 5.75 Å². The largest absolute Gasteiger partial charge is 0.495 e. The lowest BCUT2D eigenvalue weighted by molar-refractivity contribution is -0.114. The van der Waals surface area contributed by atoms with Crippen molar-refractivity contribution in [3.63, 3.8) is 0 Å². The number of ether oxygens (including phenoxy) is 1. The molecule has 1 heterocycles. The summed E-state index contributed by atoms with van der Waals surface area (Å²) in [4.78, 5) is 11.4. The van der Waals surface area contributed by atoms with Crippen LogP contribution in [0.2, 0.25) is 0 Å². The molecular weight excluding hydrogens is 304 g/mol. The first kappa shape index (κ1) is 16.8. The number of anilines is 1. The third-order valence-corrected chi connectivity index (χ3v) is 5.60. The van der Waals surface area contributed by atoms with Gasteiger partial charge in [0.25, 0.3) is 0 Å². The summed E-state index contributed by atoms with van der Waals surface area (Å²) in [5.74, 6) is 0.511. The van der Waals surface area contributed by atoms with Crippen molar-refractivity contribution in [2.24, 2.45) is 5.92 Å². The maximum absolute atomic E-state index is 12.7. The van der Waals surface area contributed by atoms with Crippen LogP contribution in [0.25, 0.3) is 0 Å². The fourth-order valence-electron chi connectivity index (χ4n) is 2.65. The van der Waals surface area contributed by atoms with Crippen molar-refractivity contribution in [2.45, 2.75) is 31.6 Å². The Balaban J connectivity index is 2.36. The highest BCUT2D eigenvalue weighted by molar-refractivity contribution is 7.89. The minimum absolute atomic E-state index is 0.172. The zero-order valence-corrected chi connectivity index (χ0v) is 13.9. The number of benzene rings is 1. The Kier molecular flexibility index (Phi) is 5.08. The molecule has 1 aromatic carbocycles. The predicted molar refractivity (Wildman–Crippen MR) is 84.5 cm³/mol. The van der Waals surface area contributed by atoms with Crippen molar-refractivity contribution in [1.29, 1.82) is 0 Å². The van der Waals surface area contributed by atoms with Crippen molar-refractivity contribution >= 4 is 21.6 Å². The molecule has 0 unspecified atom stereocenters. The summed E-state index contributed by atoms with van der Waals surface area (Å²) in [7, 11) is -2.08. The molecule has 1 amide bonds. The Hall–Kier alpha value is -1.60. The van der Waals surface area contributed by atoms with Crippen molar-refractivity contribution < 1.29 is 17.9 Å². The van der Waals surface area contributed by atoms with Gasteiger partial charge in [-0.1, -0.05) is 6.92 Å². The van der Waals surface area contributed by atoms with Crippen LogP contribution in [0, 0.1) is 5.92 Å². The number of carbonyl (C=O) groups is 1. The molecule has 1 N–H and O–H groups in total. The van der Waals surface area contributed by atoms with Gasteiger partial charge in [-0.25, -0.2) is 8.42 Å². The third kappa shape index (κ3) is 3.59. The van der Waals surface area contributed by atoms with E-state index in [1.165, 1.54) is 30.5 Å². The number of hydrogen-bond acceptors (Lipinski definition) is 4. The van der Waals surface area contributed by atoms with Gasteiger partial charge in [0.2, 0.25) is 15.9 Å². The molecule has 122 valence electrons. The van der Waals surface area contributed by atoms with Gasteiger partial charge in [-0.2, -0.15) is 4.31 Å². The molecule has 0 aromatic heterocycles. The summed E-state index contributed by atoms with van der Waals surface area (Å²) in [6.45, 7) is 4.49. The molecule has 0 bridgehead atoms. The summed E-state index contributed by atoms with van der Waals surface area (Å²) < 4.78 is 32.2. The van der Waals surface area contributed by atoms with E-state index in [0.29, 0.717) is 30.4 Å². The highest BCUT2D eigenvalue weighted by Gasteiger charge is 2.29. The van der Waals surface area contributed by atoms with Gasteiger partial charge >= 0.3 is 0 Å². The molecular formula is C15H22N2O4S. The maximum atomic E-state index is 12.7. The fourth-order valence-corrected chi connectivity index (χ4v) is 4.27. The normalized spacial score (nSPS) is 19.7. The van der Waals surface area contributed by atoms with Gasteiger partial charge in [0, 0.05) is 20.0 Å². The average molecular weight is 326 g/mol. The minimum atomic E-state index is -3.55. The molecule has 2 rings (SSSR count). The van der Waals surface area contributed by atoms with E-state index in [2.05, 4.69) is 12.2 Å². The molecule has 1 saturated heterocycles. The Morgan fingerprint density at radius 1 is 1.41 bits per heavy atom. The summed E-state index contributed by atoms with van der Waals surface area (Å²) in [5, 5.41) is 2.60. The second-order valence-electron chi connectivity index (χ2n) is 5.65. The van der Waals surface area contributed by atoms with Gasteiger partial charge in [0.05, 0.1) is 17.7 Å². The van der Waals surface area contributed by atoms with Crippen LogP contribution in [0.4, 0.5) is 5.69 Å². The number of piperidine rings is 1. The topological polar surface area (TPSA) is 75.7 Å². The van der Waals surface area contributed by atoms with Crippen molar-refractivity contribution in [1.82, 2.24) is 4.31 Å². The molecule has 6 nitrogen and oxygen atoms in total. The van der Waals surface area contributed by atoms with Crippen LogP contribution in [-0.2, 0) is 14.8 Å². The van der Waals surface area contributed by atoms with Gasteiger partial charge < -0.3 is 10.1 Å². The number of nitrogens with zero attached hydrogens (tertiary/aromatic N) is 1. The molecule has 0 spiro atoms. The highest BCUT2D eigenvalue weighted by Crippen LogP contribution is 2.30. The third-order valence-electron chi connectivity index (χ3n) is 3.74. The lowest BCUT2D eigenvalue weighted by Gasteiger charge is -2.30. The van der Waals surface area contributed by atoms with E-state index < -0.39 is 10.0 Å². The molecule has 1 fully saturated rings. The van der Waals surface area contributed by atoms with Crippen LogP contribution >= 0.6 is 0 Å². The Bertz CT molecular complexity index is 658. The second kappa shape index (κ2) is 6.66. The standard InChI is InChI=1S/C15H22N2O4S/c1-11-5-4-8-17(10-11)22(19,20)13-6-7-15(21-3)14(9-13)16-12(2)18/h6-7,9,11H,4-5,8,10H2,1-3H3,(H,16,18)/t11-/m1/s1. The summed E-state index contributed by atoms with van der Waals surface area (Å²) >= 11 is 0. The van der Waals surface area contributed by atoms with Crippen molar-refractivity contribution in [2.75, 3.05) is 25.5 Å². The van der Waals surface area contributed by atoms with Crippen LogP contribution in [0.5, 0.6) is 5.75 Å². The molecule has 1 aliphatic heterocycles. The predicted octanol–water partition coefficient (Wildman–Crippen LogP) is 2.07. The number of methoxy groups -OCH3 is 1. The van der Waals surface area contributed by atoms with Crippen LogP contribution in [0.15, 0.2) is 23.1 Å². The monoisotopic (exact) mass is 326 g/mol. The first-order chi connectivity index (χ1) is 10.3. The molecule has 0 radical (unpaired) electrons. The second-order valence-corrected chi connectivity index (χ2v) is 7.59. The molecule has 1 aliphatic rings. The van der Waals surface area contributed by atoms with Crippen LogP contribution in [0.3, 0.4) is 0 Å². The summed E-state index contributed by atoms with van der Waals surface area (Å²) in [6.07, 6.45) is 1.92. The smallest absolute Gasteiger partial charge is 0.243 e. The van der Waals surface area contributed by atoms with Crippen molar-refractivity contribution in [3.05, 3.63) is 18.2 Å². The van der Waals surface area contributed by atoms with E-state index in [-0.39, 0.29) is 10.8 Å². The Morgan fingerprint density at radius 3 is 2.73 bits per heavy atom. The maximum Gasteiger partial charge on any atom is 0.243 e. The van der Waals surface area contributed by atoms with Gasteiger partial charge in [-0.15, -0.1) is 0 Å². The van der Waals surface area contributed by atoms with Crippen LogP contribution in [-0.4, -0.2) is 38.8 Å². The average Bonchev–Trinajstić information content (AvgIpc) is 2.46. The van der Waals surface area contributed by atoms with Gasteiger partial charge in [0.1, 0.15) is 5.75 Å². The number of hydrogen-bond donors (Lipinski definition) is 1. The zero-order valence-electron chi connectivity index (χ0n) is 13.1. The fraction of sp³-hybridized carbons (Fsp3) is 0.533. The number of amides is 1. The van der Waals surface area contributed by atoms with E-state index in [4.69, 9.17) is 4.74 Å². The quantitative estimate of drug-likeness (QED) is 0.919. The first-order valence-corrected chi connectivity index (χ1v) is 8.74. The molecule has 1 aromatic rings. The van der Waals surface area contributed by atoms with Crippen LogP contribution < -0.4 is 10.1 Å². The number of nitrogens with one attached hydrogen (secondary N) is 1. The number of rotatable bonds is 4. The number of carbonyl (C=O) groups excluding carboxylic acids is 1.